The largest absolute Gasteiger partial charge is 0.468 e. The van der Waals surface area contributed by atoms with E-state index >= 15 is 0 Å². The number of aromatic nitrogens is 1. The summed E-state index contributed by atoms with van der Waals surface area (Å²) in [5, 5.41) is 0. The van der Waals surface area contributed by atoms with E-state index in [1.54, 1.807) is 24.4 Å². The van der Waals surface area contributed by atoms with E-state index in [-0.39, 0.29) is 19.5 Å². The van der Waals surface area contributed by atoms with Gasteiger partial charge in [-0.3, -0.25) is 19.4 Å². The molecule has 0 bridgehead atoms. The van der Waals surface area contributed by atoms with Crippen LogP contribution in [0.3, 0.4) is 0 Å². The summed E-state index contributed by atoms with van der Waals surface area (Å²) in [7, 11) is 2.42. The number of amides is 1. The summed E-state index contributed by atoms with van der Waals surface area (Å²) in [5.74, 6) is -1.62. The highest BCUT2D eigenvalue weighted by molar-refractivity contribution is 5.86. The fraction of sp³-hybridized carbons (Fsp3) is 0.385. The predicted octanol–water partition coefficient (Wildman–Crippen LogP) is -0.201. The molecule has 0 fully saturated rings. The van der Waals surface area contributed by atoms with Gasteiger partial charge in [0.2, 0.25) is 5.91 Å². The lowest BCUT2D eigenvalue weighted by atomic mass is 10.2. The fourth-order valence-electron chi connectivity index (χ4n) is 1.44. The molecule has 7 heteroatoms. The molecule has 0 spiro atoms. The minimum Gasteiger partial charge on any atom is -0.468 e. The number of esters is 2. The van der Waals surface area contributed by atoms with Crippen LogP contribution >= 0.6 is 0 Å². The molecule has 0 N–H and O–H groups in total. The first kappa shape index (κ1) is 15.6. The Hall–Kier alpha value is -2.44. The van der Waals surface area contributed by atoms with Gasteiger partial charge in [0.05, 0.1) is 20.6 Å². The third-order valence-corrected chi connectivity index (χ3v) is 2.51. The number of rotatable bonds is 6. The second-order valence-electron chi connectivity index (χ2n) is 3.90. The molecular weight excluding hydrogens is 264 g/mol. The molecular formula is C13H16N2O5. The molecule has 0 atom stereocenters. The maximum absolute atomic E-state index is 12.1. The first-order valence-electron chi connectivity index (χ1n) is 5.88. The number of ether oxygens (including phenoxy) is 2. The molecule has 0 aliphatic rings. The van der Waals surface area contributed by atoms with Gasteiger partial charge < -0.3 is 14.4 Å². The van der Waals surface area contributed by atoms with Gasteiger partial charge >= 0.3 is 11.9 Å². The Labute approximate surface area is 116 Å². The Morgan fingerprint density at radius 1 is 1.10 bits per heavy atom. The maximum atomic E-state index is 12.1. The molecule has 0 unspecified atom stereocenters. The van der Waals surface area contributed by atoms with E-state index < -0.39 is 17.8 Å². The third-order valence-electron chi connectivity index (χ3n) is 2.51. The Morgan fingerprint density at radius 2 is 1.70 bits per heavy atom. The van der Waals surface area contributed by atoms with Gasteiger partial charge in [0.25, 0.3) is 0 Å². The van der Waals surface area contributed by atoms with Crippen LogP contribution in [0.5, 0.6) is 0 Å². The summed E-state index contributed by atoms with van der Waals surface area (Å²) < 4.78 is 8.99. The van der Waals surface area contributed by atoms with Crippen molar-refractivity contribution in [1.82, 2.24) is 9.88 Å². The molecule has 0 saturated heterocycles. The zero-order chi connectivity index (χ0) is 15.0. The summed E-state index contributed by atoms with van der Waals surface area (Å²) in [6.07, 6.45) is 1.56. The second kappa shape index (κ2) is 7.88. The number of hydrogen-bond donors (Lipinski definition) is 0. The van der Waals surface area contributed by atoms with Crippen molar-refractivity contribution < 1.29 is 23.9 Å². The van der Waals surface area contributed by atoms with Gasteiger partial charge in [0, 0.05) is 11.9 Å². The zero-order valence-corrected chi connectivity index (χ0v) is 11.4. The number of carbonyl (C=O) groups is 3. The van der Waals surface area contributed by atoms with Gasteiger partial charge in [-0.05, 0) is 12.1 Å². The summed E-state index contributed by atoms with van der Waals surface area (Å²) in [5.41, 5.74) is 0.553. The topological polar surface area (TPSA) is 85.8 Å². The SMILES string of the molecule is COC(=O)CN(CC(=O)OC)C(=O)Cc1ccccn1. The molecule has 20 heavy (non-hydrogen) atoms. The smallest absolute Gasteiger partial charge is 0.325 e. The zero-order valence-electron chi connectivity index (χ0n) is 11.4. The van der Waals surface area contributed by atoms with Crippen molar-refractivity contribution in [3.05, 3.63) is 30.1 Å². The van der Waals surface area contributed by atoms with Crippen molar-refractivity contribution in [1.29, 1.82) is 0 Å². The molecule has 0 aliphatic carbocycles. The van der Waals surface area contributed by atoms with Crippen LogP contribution < -0.4 is 0 Å². The number of methoxy groups -OCH3 is 2. The van der Waals surface area contributed by atoms with E-state index in [4.69, 9.17) is 0 Å². The third kappa shape index (κ3) is 5.05. The monoisotopic (exact) mass is 280 g/mol. The molecule has 1 aromatic rings. The highest BCUT2D eigenvalue weighted by Gasteiger charge is 2.21. The van der Waals surface area contributed by atoms with E-state index in [1.165, 1.54) is 14.2 Å². The van der Waals surface area contributed by atoms with Crippen LogP contribution in [0.4, 0.5) is 0 Å². The molecule has 1 amide bonds. The van der Waals surface area contributed by atoms with E-state index in [2.05, 4.69) is 14.5 Å². The number of nitrogens with zero attached hydrogens (tertiary/aromatic N) is 2. The molecule has 0 saturated carbocycles. The number of pyridine rings is 1. The van der Waals surface area contributed by atoms with Crippen LogP contribution in [0.15, 0.2) is 24.4 Å². The van der Waals surface area contributed by atoms with Gasteiger partial charge in [-0.2, -0.15) is 0 Å². The first-order chi connectivity index (χ1) is 9.56. The average Bonchev–Trinajstić information content (AvgIpc) is 2.47. The summed E-state index contributed by atoms with van der Waals surface area (Å²) in [4.78, 5) is 39.7. The molecule has 7 nitrogen and oxygen atoms in total. The molecule has 1 aromatic heterocycles. The predicted molar refractivity (Wildman–Crippen MR) is 68.6 cm³/mol. The normalized spacial score (nSPS) is 9.70. The van der Waals surface area contributed by atoms with Crippen molar-refractivity contribution in [2.75, 3.05) is 27.3 Å². The Kier molecular flexibility index (Phi) is 6.15. The number of hydrogen-bond acceptors (Lipinski definition) is 6. The van der Waals surface area contributed by atoms with Crippen molar-refractivity contribution in [2.45, 2.75) is 6.42 Å². The number of carbonyl (C=O) groups excluding carboxylic acids is 3. The van der Waals surface area contributed by atoms with Gasteiger partial charge in [-0.1, -0.05) is 6.07 Å². The van der Waals surface area contributed by atoms with Crippen LogP contribution in [0.25, 0.3) is 0 Å². The lowest BCUT2D eigenvalue weighted by Gasteiger charge is -2.19. The minimum atomic E-state index is -0.608. The van der Waals surface area contributed by atoms with E-state index in [0.717, 1.165) is 4.90 Å². The van der Waals surface area contributed by atoms with Crippen molar-refractivity contribution >= 4 is 17.8 Å². The average molecular weight is 280 g/mol. The Morgan fingerprint density at radius 3 is 2.15 bits per heavy atom. The van der Waals surface area contributed by atoms with Crippen molar-refractivity contribution in [3.63, 3.8) is 0 Å². The van der Waals surface area contributed by atoms with Crippen LogP contribution in [-0.4, -0.2) is 55.0 Å². The first-order valence-corrected chi connectivity index (χ1v) is 5.88. The minimum absolute atomic E-state index is 0.00513. The molecule has 108 valence electrons. The Bertz CT molecular complexity index is 457. The summed E-state index contributed by atoms with van der Waals surface area (Å²) in [6, 6.07) is 5.17. The van der Waals surface area contributed by atoms with E-state index in [0.29, 0.717) is 5.69 Å². The summed E-state index contributed by atoms with van der Waals surface area (Å²) >= 11 is 0. The maximum Gasteiger partial charge on any atom is 0.325 e. The van der Waals surface area contributed by atoms with Crippen LogP contribution in [0.1, 0.15) is 5.69 Å². The van der Waals surface area contributed by atoms with E-state index in [9.17, 15) is 14.4 Å². The standard InChI is InChI=1S/C13H16N2O5/c1-19-12(17)8-15(9-13(18)20-2)11(16)7-10-5-3-4-6-14-10/h3-6H,7-9H2,1-2H3. The Balaban J connectivity index is 2.72. The van der Waals surface area contributed by atoms with Gasteiger partial charge in [0.15, 0.2) is 0 Å². The van der Waals surface area contributed by atoms with Crippen molar-refractivity contribution in [3.8, 4) is 0 Å². The summed E-state index contributed by atoms with van der Waals surface area (Å²) in [6.45, 7) is -0.617. The lowest BCUT2D eigenvalue weighted by Crippen LogP contribution is -2.41. The molecule has 0 aliphatic heterocycles. The fourth-order valence-corrected chi connectivity index (χ4v) is 1.44. The lowest BCUT2D eigenvalue weighted by molar-refractivity contribution is -0.151. The van der Waals surface area contributed by atoms with Gasteiger partial charge in [-0.15, -0.1) is 0 Å². The molecule has 0 radical (unpaired) electrons. The molecule has 0 aromatic carbocycles. The molecule has 1 rings (SSSR count). The highest BCUT2D eigenvalue weighted by atomic mass is 16.5. The second-order valence-corrected chi connectivity index (χ2v) is 3.90. The van der Waals surface area contributed by atoms with Crippen LogP contribution in [0, 0.1) is 0 Å². The van der Waals surface area contributed by atoms with Crippen molar-refractivity contribution in [2.24, 2.45) is 0 Å². The highest BCUT2D eigenvalue weighted by Crippen LogP contribution is 2.01. The van der Waals surface area contributed by atoms with E-state index in [1.807, 2.05) is 0 Å². The quantitative estimate of drug-likeness (QED) is 0.671. The van der Waals surface area contributed by atoms with Crippen LogP contribution in [0.2, 0.25) is 0 Å². The molecule has 1 heterocycles. The van der Waals surface area contributed by atoms with Gasteiger partial charge in [0.1, 0.15) is 13.1 Å². The van der Waals surface area contributed by atoms with Gasteiger partial charge in [-0.25, -0.2) is 0 Å². The van der Waals surface area contributed by atoms with Crippen LogP contribution in [-0.2, 0) is 30.3 Å².